The van der Waals surface area contributed by atoms with Gasteiger partial charge in [-0.2, -0.15) is 11.8 Å². The number of ether oxygens (including phenoxy) is 1. The molecule has 0 aliphatic carbocycles. The Morgan fingerprint density at radius 3 is 2.92 bits per heavy atom. The highest BCUT2D eigenvalue weighted by molar-refractivity contribution is 7.99. The maximum absolute atomic E-state index is 5.21. The van der Waals surface area contributed by atoms with E-state index in [-0.39, 0.29) is 0 Å². The molecule has 0 bridgehead atoms. The van der Waals surface area contributed by atoms with Gasteiger partial charge in [0.25, 0.3) is 0 Å². The average Bonchev–Trinajstić information content (AvgIpc) is 2.05. The van der Waals surface area contributed by atoms with Gasteiger partial charge in [0.2, 0.25) is 0 Å². The lowest BCUT2D eigenvalue weighted by atomic mass is 10.2. The van der Waals surface area contributed by atoms with E-state index in [1.165, 1.54) is 18.1 Å². The second kappa shape index (κ2) is 5.10. The molecule has 0 amide bonds. The van der Waals surface area contributed by atoms with Crippen LogP contribution < -0.4 is 0 Å². The fourth-order valence-electron chi connectivity index (χ4n) is 1.68. The number of rotatable bonds is 3. The second-order valence-corrected chi connectivity index (χ2v) is 4.67. The van der Waals surface area contributed by atoms with E-state index in [1.54, 1.807) is 7.11 Å². The first-order chi connectivity index (χ1) is 5.75. The smallest absolute Gasteiger partial charge is 0.0626 e. The second-order valence-electron chi connectivity index (χ2n) is 3.52. The highest BCUT2D eigenvalue weighted by Gasteiger charge is 2.24. The van der Waals surface area contributed by atoms with Crippen LogP contribution in [0.15, 0.2) is 0 Å². The van der Waals surface area contributed by atoms with Crippen LogP contribution in [0.2, 0.25) is 0 Å². The third-order valence-electron chi connectivity index (χ3n) is 2.30. The van der Waals surface area contributed by atoms with E-state index in [1.807, 2.05) is 11.8 Å². The van der Waals surface area contributed by atoms with Gasteiger partial charge in [-0.3, -0.25) is 4.90 Å². The summed E-state index contributed by atoms with van der Waals surface area (Å²) in [7, 11) is 1.79. The monoisotopic (exact) mass is 189 g/mol. The number of thioether (sulfide) groups is 1. The number of hydrogen-bond donors (Lipinski definition) is 0. The molecule has 1 unspecified atom stereocenters. The van der Waals surface area contributed by atoms with E-state index in [0.29, 0.717) is 12.1 Å². The van der Waals surface area contributed by atoms with Crippen LogP contribution in [0.4, 0.5) is 0 Å². The van der Waals surface area contributed by atoms with Gasteiger partial charge in [0.1, 0.15) is 0 Å². The largest absolute Gasteiger partial charge is 0.383 e. The summed E-state index contributed by atoms with van der Waals surface area (Å²) >= 11 is 2.04. The molecule has 0 spiro atoms. The Morgan fingerprint density at radius 2 is 2.33 bits per heavy atom. The van der Waals surface area contributed by atoms with Gasteiger partial charge in [-0.05, 0) is 13.8 Å². The van der Waals surface area contributed by atoms with Crippen molar-refractivity contribution in [1.29, 1.82) is 0 Å². The van der Waals surface area contributed by atoms with Crippen LogP contribution in [0, 0.1) is 0 Å². The first-order valence-corrected chi connectivity index (χ1v) is 5.73. The van der Waals surface area contributed by atoms with Gasteiger partial charge in [-0.15, -0.1) is 0 Å². The molecule has 1 atom stereocenters. The van der Waals surface area contributed by atoms with Crippen LogP contribution in [0.25, 0.3) is 0 Å². The summed E-state index contributed by atoms with van der Waals surface area (Å²) in [5.41, 5.74) is 0. The van der Waals surface area contributed by atoms with Gasteiger partial charge in [0, 0.05) is 37.2 Å². The minimum atomic E-state index is 0.633. The lowest BCUT2D eigenvalue weighted by Crippen LogP contribution is -2.48. The van der Waals surface area contributed by atoms with Gasteiger partial charge in [-0.1, -0.05) is 0 Å². The fourth-order valence-corrected chi connectivity index (χ4v) is 2.75. The van der Waals surface area contributed by atoms with Crippen molar-refractivity contribution in [2.75, 3.05) is 31.8 Å². The molecule has 1 aliphatic heterocycles. The van der Waals surface area contributed by atoms with E-state index in [0.717, 1.165) is 6.61 Å². The van der Waals surface area contributed by atoms with Crippen molar-refractivity contribution in [2.45, 2.75) is 25.9 Å². The predicted octanol–water partition coefficient (Wildman–Crippen LogP) is 1.46. The molecule has 1 heterocycles. The maximum Gasteiger partial charge on any atom is 0.0626 e. The topological polar surface area (TPSA) is 12.5 Å². The first kappa shape index (κ1) is 10.4. The van der Waals surface area contributed by atoms with E-state index >= 15 is 0 Å². The van der Waals surface area contributed by atoms with Crippen LogP contribution in [0.5, 0.6) is 0 Å². The van der Waals surface area contributed by atoms with E-state index in [9.17, 15) is 0 Å². The summed E-state index contributed by atoms with van der Waals surface area (Å²) in [5.74, 6) is 2.50. The van der Waals surface area contributed by atoms with Crippen molar-refractivity contribution < 1.29 is 4.74 Å². The maximum atomic E-state index is 5.21. The Balaban J connectivity index is 2.42. The van der Waals surface area contributed by atoms with Crippen LogP contribution >= 0.6 is 11.8 Å². The van der Waals surface area contributed by atoms with Crippen molar-refractivity contribution in [2.24, 2.45) is 0 Å². The van der Waals surface area contributed by atoms with Gasteiger partial charge < -0.3 is 4.74 Å². The van der Waals surface area contributed by atoms with E-state index in [2.05, 4.69) is 18.7 Å². The molecule has 1 rings (SSSR count). The highest BCUT2D eigenvalue weighted by atomic mass is 32.2. The lowest BCUT2D eigenvalue weighted by Gasteiger charge is -2.37. The normalized spacial score (nSPS) is 26.5. The number of hydrogen-bond acceptors (Lipinski definition) is 3. The molecule has 0 aromatic carbocycles. The molecule has 3 heteroatoms. The molecule has 0 aromatic heterocycles. The number of methoxy groups -OCH3 is 1. The van der Waals surface area contributed by atoms with Crippen molar-refractivity contribution in [3.63, 3.8) is 0 Å². The van der Waals surface area contributed by atoms with E-state index < -0.39 is 0 Å². The lowest BCUT2D eigenvalue weighted by molar-refractivity contribution is 0.0835. The Hall–Kier alpha value is 0.270. The minimum Gasteiger partial charge on any atom is -0.383 e. The zero-order valence-corrected chi connectivity index (χ0v) is 9.06. The van der Waals surface area contributed by atoms with Crippen molar-refractivity contribution >= 4 is 11.8 Å². The van der Waals surface area contributed by atoms with Crippen LogP contribution in [0.3, 0.4) is 0 Å². The third kappa shape index (κ3) is 2.64. The fraction of sp³-hybridized carbons (Fsp3) is 1.00. The van der Waals surface area contributed by atoms with Crippen molar-refractivity contribution in [3.8, 4) is 0 Å². The first-order valence-electron chi connectivity index (χ1n) is 4.58. The molecule has 12 heavy (non-hydrogen) atoms. The van der Waals surface area contributed by atoms with Gasteiger partial charge in [0.15, 0.2) is 0 Å². The van der Waals surface area contributed by atoms with Crippen molar-refractivity contribution in [1.82, 2.24) is 4.90 Å². The summed E-state index contributed by atoms with van der Waals surface area (Å²) in [6, 6.07) is 1.29. The number of nitrogens with zero attached hydrogens (tertiary/aromatic N) is 1. The summed E-state index contributed by atoms with van der Waals surface area (Å²) in [4.78, 5) is 2.54. The quantitative estimate of drug-likeness (QED) is 0.667. The summed E-state index contributed by atoms with van der Waals surface area (Å²) < 4.78 is 5.21. The third-order valence-corrected chi connectivity index (χ3v) is 3.39. The SMILES string of the molecule is COCC1CSCCN1C(C)C. The standard InChI is InChI=1S/C9H19NOS/c1-8(2)10-4-5-12-7-9(10)6-11-3/h8-9H,4-7H2,1-3H3. The molecular formula is C9H19NOS. The predicted molar refractivity (Wildman–Crippen MR) is 54.8 cm³/mol. The van der Waals surface area contributed by atoms with Gasteiger partial charge in [-0.25, -0.2) is 0 Å². The summed E-state index contributed by atoms with van der Waals surface area (Å²) in [5, 5.41) is 0. The van der Waals surface area contributed by atoms with E-state index in [4.69, 9.17) is 4.74 Å². The Kier molecular flexibility index (Phi) is 4.40. The van der Waals surface area contributed by atoms with Crippen molar-refractivity contribution in [3.05, 3.63) is 0 Å². The molecule has 1 aliphatic rings. The Morgan fingerprint density at radius 1 is 1.58 bits per heavy atom. The molecule has 0 radical (unpaired) electrons. The van der Waals surface area contributed by atoms with Gasteiger partial charge >= 0.3 is 0 Å². The summed E-state index contributed by atoms with van der Waals surface area (Å²) in [6.07, 6.45) is 0. The summed E-state index contributed by atoms with van der Waals surface area (Å²) in [6.45, 7) is 6.62. The zero-order valence-electron chi connectivity index (χ0n) is 8.25. The highest BCUT2D eigenvalue weighted by Crippen LogP contribution is 2.18. The molecule has 2 nitrogen and oxygen atoms in total. The molecular weight excluding hydrogens is 170 g/mol. The molecule has 0 aromatic rings. The van der Waals surface area contributed by atoms with Gasteiger partial charge in [0.05, 0.1) is 6.61 Å². The molecule has 0 saturated carbocycles. The van der Waals surface area contributed by atoms with Crippen LogP contribution in [-0.2, 0) is 4.74 Å². The molecule has 0 N–H and O–H groups in total. The molecule has 72 valence electrons. The molecule has 1 saturated heterocycles. The minimum absolute atomic E-state index is 0.633. The zero-order chi connectivity index (χ0) is 8.97. The van der Waals surface area contributed by atoms with Crippen LogP contribution in [-0.4, -0.2) is 48.8 Å². The molecule has 1 fully saturated rings. The Labute approximate surface area is 79.6 Å². The average molecular weight is 189 g/mol. The van der Waals surface area contributed by atoms with Crippen LogP contribution in [0.1, 0.15) is 13.8 Å². The Bertz CT molecular complexity index is 128.